The zero-order chi connectivity index (χ0) is 12.8. The molecule has 0 aliphatic carbocycles. The second kappa shape index (κ2) is 6.47. The minimum Gasteiger partial charge on any atom is -0.772 e. The van der Waals surface area contributed by atoms with Gasteiger partial charge in [-0.15, -0.1) is 0 Å². The van der Waals surface area contributed by atoms with Crippen LogP contribution in [0.25, 0.3) is 0 Å². The molecule has 1 atom stereocenters. The summed E-state index contributed by atoms with van der Waals surface area (Å²) in [5.41, 5.74) is 2.32. The Morgan fingerprint density at radius 3 is 1.72 bits per heavy atom. The molecule has 0 bridgehead atoms. The van der Waals surface area contributed by atoms with E-state index in [1.165, 1.54) is 0 Å². The van der Waals surface area contributed by atoms with Gasteiger partial charge in [0.05, 0.1) is 0 Å². The SMILES string of the molecule is O=S([O-])CCC(c1ccccc1)c1ccccc1. The molecule has 0 heterocycles. The highest BCUT2D eigenvalue weighted by Gasteiger charge is 2.13. The third-order valence-electron chi connectivity index (χ3n) is 2.98. The molecule has 0 spiro atoms. The van der Waals surface area contributed by atoms with Crippen LogP contribution in [0.2, 0.25) is 0 Å². The summed E-state index contributed by atoms with van der Waals surface area (Å²) >= 11 is -1.98. The largest absolute Gasteiger partial charge is 0.772 e. The number of hydrogen-bond acceptors (Lipinski definition) is 2. The third kappa shape index (κ3) is 3.52. The van der Waals surface area contributed by atoms with Gasteiger partial charge in [-0.1, -0.05) is 71.7 Å². The average molecular weight is 259 g/mol. The molecular formula is C15H15O2S-. The standard InChI is InChI=1S/C15H16O2S/c16-18(17)12-11-15(13-7-3-1-4-8-13)14-9-5-2-6-10-14/h1-10,15H,11-12H2,(H,16,17)/p-1. The van der Waals surface area contributed by atoms with Gasteiger partial charge in [-0.2, -0.15) is 0 Å². The van der Waals surface area contributed by atoms with Crippen LogP contribution >= 0.6 is 0 Å². The van der Waals surface area contributed by atoms with Crippen LogP contribution in [0.1, 0.15) is 23.5 Å². The molecule has 2 aromatic rings. The lowest BCUT2D eigenvalue weighted by Crippen LogP contribution is -2.06. The van der Waals surface area contributed by atoms with Crippen LogP contribution in [0.3, 0.4) is 0 Å². The zero-order valence-corrected chi connectivity index (χ0v) is 10.8. The van der Waals surface area contributed by atoms with Gasteiger partial charge in [0.2, 0.25) is 0 Å². The fraction of sp³-hybridized carbons (Fsp3) is 0.200. The second-order valence-corrected chi connectivity index (χ2v) is 5.19. The Kier molecular flexibility index (Phi) is 4.67. The molecule has 94 valence electrons. The van der Waals surface area contributed by atoms with Gasteiger partial charge in [-0.05, 0) is 17.5 Å². The molecule has 0 aromatic heterocycles. The summed E-state index contributed by atoms with van der Waals surface area (Å²) in [6, 6.07) is 20.1. The van der Waals surface area contributed by atoms with Crippen molar-refractivity contribution in [2.45, 2.75) is 12.3 Å². The topological polar surface area (TPSA) is 40.1 Å². The van der Waals surface area contributed by atoms with Crippen LogP contribution < -0.4 is 0 Å². The van der Waals surface area contributed by atoms with Gasteiger partial charge in [-0.3, -0.25) is 4.21 Å². The number of hydrogen-bond donors (Lipinski definition) is 0. The summed E-state index contributed by atoms with van der Waals surface area (Å²) in [7, 11) is 0. The molecule has 0 N–H and O–H groups in total. The van der Waals surface area contributed by atoms with E-state index in [4.69, 9.17) is 0 Å². The summed E-state index contributed by atoms with van der Waals surface area (Å²) in [5.74, 6) is 0.333. The lowest BCUT2D eigenvalue weighted by Gasteiger charge is -2.18. The minimum absolute atomic E-state index is 0.144. The van der Waals surface area contributed by atoms with Crippen molar-refractivity contribution in [2.75, 3.05) is 5.75 Å². The van der Waals surface area contributed by atoms with E-state index in [0.29, 0.717) is 6.42 Å². The Bertz CT molecular complexity index is 457. The second-order valence-electron chi connectivity index (χ2n) is 4.17. The fourth-order valence-electron chi connectivity index (χ4n) is 2.11. The van der Waals surface area contributed by atoms with Gasteiger partial charge in [0.15, 0.2) is 0 Å². The molecule has 1 unspecified atom stereocenters. The Labute approximate surface area is 110 Å². The van der Waals surface area contributed by atoms with Crippen LogP contribution in [-0.4, -0.2) is 14.5 Å². The Morgan fingerprint density at radius 1 is 0.889 bits per heavy atom. The Balaban J connectivity index is 2.26. The molecule has 0 radical (unpaired) electrons. The summed E-state index contributed by atoms with van der Waals surface area (Å²) in [6.45, 7) is 0. The molecule has 18 heavy (non-hydrogen) atoms. The van der Waals surface area contributed by atoms with Crippen LogP contribution in [0.15, 0.2) is 60.7 Å². The smallest absolute Gasteiger partial charge is 0.0111 e. The lowest BCUT2D eigenvalue weighted by atomic mass is 9.89. The van der Waals surface area contributed by atoms with Gasteiger partial charge in [0.1, 0.15) is 0 Å². The molecule has 0 aliphatic heterocycles. The van der Waals surface area contributed by atoms with E-state index in [9.17, 15) is 8.76 Å². The fourth-order valence-corrected chi connectivity index (χ4v) is 2.54. The van der Waals surface area contributed by atoms with Crippen LogP contribution in [0.4, 0.5) is 0 Å². The normalized spacial score (nSPS) is 12.6. The van der Waals surface area contributed by atoms with Crippen LogP contribution in [-0.2, 0) is 11.1 Å². The van der Waals surface area contributed by atoms with Crippen molar-refractivity contribution in [3.05, 3.63) is 71.8 Å². The third-order valence-corrected chi connectivity index (χ3v) is 3.55. The quantitative estimate of drug-likeness (QED) is 0.774. The molecule has 0 fully saturated rings. The van der Waals surface area contributed by atoms with Crippen molar-refractivity contribution in [2.24, 2.45) is 0 Å². The van der Waals surface area contributed by atoms with Crippen LogP contribution in [0.5, 0.6) is 0 Å². The zero-order valence-electron chi connectivity index (χ0n) is 9.99. The van der Waals surface area contributed by atoms with Gasteiger partial charge in [0.25, 0.3) is 0 Å². The molecule has 2 nitrogen and oxygen atoms in total. The van der Waals surface area contributed by atoms with E-state index < -0.39 is 11.1 Å². The summed E-state index contributed by atoms with van der Waals surface area (Å²) < 4.78 is 21.5. The van der Waals surface area contributed by atoms with Crippen molar-refractivity contribution in [3.63, 3.8) is 0 Å². The molecular weight excluding hydrogens is 244 g/mol. The summed E-state index contributed by atoms with van der Waals surface area (Å²) in [4.78, 5) is 0. The van der Waals surface area contributed by atoms with Gasteiger partial charge < -0.3 is 4.55 Å². The maximum Gasteiger partial charge on any atom is 0.0111 e. The first kappa shape index (κ1) is 13.0. The van der Waals surface area contributed by atoms with E-state index in [1.807, 2.05) is 60.7 Å². The van der Waals surface area contributed by atoms with Crippen molar-refractivity contribution in [1.29, 1.82) is 0 Å². The molecule has 3 heteroatoms. The monoisotopic (exact) mass is 259 g/mol. The predicted octanol–water partition coefficient (Wildman–Crippen LogP) is 3.09. The Hall–Kier alpha value is -1.45. The van der Waals surface area contributed by atoms with E-state index in [-0.39, 0.29) is 11.7 Å². The maximum atomic E-state index is 10.8. The minimum atomic E-state index is -1.98. The van der Waals surface area contributed by atoms with Crippen molar-refractivity contribution < 1.29 is 8.76 Å². The molecule has 0 saturated heterocycles. The highest BCUT2D eigenvalue weighted by atomic mass is 32.2. The van der Waals surface area contributed by atoms with Crippen molar-refractivity contribution in [3.8, 4) is 0 Å². The molecule has 2 rings (SSSR count). The van der Waals surface area contributed by atoms with Gasteiger partial charge in [0, 0.05) is 11.7 Å². The van der Waals surface area contributed by atoms with E-state index in [0.717, 1.165) is 11.1 Å². The predicted molar refractivity (Wildman–Crippen MR) is 73.1 cm³/mol. The van der Waals surface area contributed by atoms with Gasteiger partial charge >= 0.3 is 0 Å². The lowest BCUT2D eigenvalue weighted by molar-refractivity contribution is 0.533. The first-order chi connectivity index (χ1) is 8.77. The Morgan fingerprint density at radius 2 is 1.33 bits per heavy atom. The van der Waals surface area contributed by atoms with E-state index >= 15 is 0 Å². The number of benzene rings is 2. The average Bonchev–Trinajstić information content (AvgIpc) is 2.41. The molecule has 2 aromatic carbocycles. The summed E-state index contributed by atoms with van der Waals surface area (Å²) in [6.07, 6.45) is 0.615. The first-order valence-electron chi connectivity index (χ1n) is 5.93. The van der Waals surface area contributed by atoms with Crippen LogP contribution in [0, 0.1) is 0 Å². The van der Waals surface area contributed by atoms with Crippen molar-refractivity contribution >= 4 is 11.1 Å². The van der Waals surface area contributed by atoms with E-state index in [1.54, 1.807) is 0 Å². The number of rotatable bonds is 5. The van der Waals surface area contributed by atoms with Crippen molar-refractivity contribution in [1.82, 2.24) is 0 Å². The molecule has 0 aliphatic rings. The van der Waals surface area contributed by atoms with Gasteiger partial charge in [-0.25, -0.2) is 0 Å². The first-order valence-corrected chi connectivity index (χ1v) is 7.17. The maximum absolute atomic E-state index is 10.8. The van der Waals surface area contributed by atoms with E-state index in [2.05, 4.69) is 0 Å². The molecule has 0 amide bonds. The summed E-state index contributed by atoms with van der Waals surface area (Å²) in [5, 5.41) is 0. The highest BCUT2D eigenvalue weighted by Crippen LogP contribution is 2.27. The highest BCUT2D eigenvalue weighted by molar-refractivity contribution is 7.79. The molecule has 0 saturated carbocycles.